The topological polar surface area (TPSA) is 41.3 Å². The summed E-state index contributed by atoms with van der Waals surface area (Å²) in [6.45, 7) is 7.76. The molecule has 1 aliphatic rings. The fraction of sp³-hybridized carbons (Fsp3) is 0.625. The maximum absolute atomic E-state index is 6.06. The summed E-state index contributed by atoms with van der Waals surface area (Å²) in [7, 11) is 2.22. The highest BCUT2D eigenvalue weighted by Crippen LogP contribution is 2.24. The van der Waals surface area contributed by atoms with E-state index in [9.17, 15) is 0 Å². The van der Waals surface area contributed by atoms with Crippen molar-refractivity contribution in [2.75, 3.05) is 37.7 Å². The molecule has 1 unspecified atom stereocenters. The number of likely N-dealkylation sites (tertiary alicyclic amines) is 1. The van der Waals surface area contributed by atoms with Crippen LogP contribution in [0.1, 0.15) is 30.4 Å². The molecule has 1 aromatic carbocycles. The van der Waals surface area contributed by atoms with E-state index < -0.39 is 0 Å². The van der Waals surface area contributed by atoms with Gasteiger partial charge in [-0.05, 0) is 75.9 Å². The Labute approximate surface area is 117 Å². The van der Waals surface area contributed by atoms with E-state index in [1.54, 1.807) is 0 Å². The number of nitrogen functional groups attached to an aromatic ring is 1. The molecule has 1 atom stereocenters. The van der Waals surface area contributed by atoms with Crippen LogP contribution in [0.2, 0.25) is 0 Å². The Bertz CT molecular complexity index is 428. The van der Waals surface area contributed by atoms with Gasteiger partial charge >= 0.3 is 0 Å². The van der Waals surface area contributed by atoms with Gasteiger partial charge in [-0.25, -0.2) is 0 Å². The number of hydrogen-bond donors (Lipinski definition) is 2. The van der Waals surface area contributed by atoms with E-state index in [2.05, 4.69) is 43.2 Å². The molecule has 2 rings (SSSR count). The van der Waals surface area contributed by atoms with Crippen LogP contribution in [0.3, 0.4) is 0 Å². The fourth-order valence-electron chi connectivity index (χ4n) is 2.91. The van der Waals surface area contributed by atoms with Gasteiger partial charge in [0.25, 0.3) is 0 Å². The standard InChI is InChI=1S/C16H27N3/c1-12-9-15(17)16(10-13(12)2)18-7-6-14-5-4-8-19(3)11-14/h9-10,14,18H,4-8,11,17H2,1-3H3. The maximum atomic E-state index is 6.06. The highest BCUT2D eigenvalue weighted by atomic mass is 15.1. The first-order valence-corrected chi connectivity index (χ1v) is 7.35. The Morgan fingerprint density at radius 3 is 2.79 bits per heavy atom. The highest BCUT2D eigenvalue weighted by Gasteiger charge is 2.16. The first-order valence-electron chi connectivity index (χ1n) is 7.35. The minimum atomic E-state index is 0.832. The Kier molecular flexibility index (Phi) is 4.70. The van der Waals surface area contributed by atoms with Gasteiger partial charge in [0.15, 0.2) is 0 Å². The summed E-state index contributed by atoms with van der Waals surface area (Å²) < 4.78 is 0. The Hall–Kier alpha value is -1.22. The second-order valence-corrected chi connectivity index (χ2v) is 6.01. The fourth-order valence-corrected chi connectivity index (χ4v) is 2.91. The van der Waals surface area contributed by atoms with Gasteiger partial charge in [0.2, 0.25) is 0 Å². The normalized spacial score (nSPS) is 20.5. The van der Waals surface area contributed by atoms with E-state index in [-0.39, 0.29) is 0 Å². The van der Waals surface area contributed by atoms with Gasteiger partial charge in [-0.1, -0.05) is 0 Å². The van der Waals surface area contributed by atoms with E-state index in [1.807, 2.05) is 0 Å². The Balaban J connectivity index is 1.84. The minimum absolute atomic E-state index is 0.832. The Morgan fingerprint density at radius 2 is 2.05 bits per heavy atom. The van der Waals surface area contributed by atoms with Gasteiger partial charge in [0, 0.05) is 13.1 Å². The van der Waals surface area contributed by atoms with Crippen molar-refractivity contribution in [3.05, 3.63) is 23.3 Å². The summed E-state index contributed by atoms with van der Waals surface area (Å²) in [5.41, 5.74) is 10.6. The monoisotopic (exact) mass is 261 g/mol. The van der Waals surface area contributed by atoms with Crippen LogP contribution in [-0.2, 0) is 0 Å². The predicted octanol–water partition coefficient (Wildman–Crippen LogP) is 3.03. The molecule has 1 aliphatic heterocycles. The number of aryl methyl sites for hydroxylation is 2. The molecule has 106 valence electrons. The number of piperidine rings is 1. The van der Waals surface area contributed by atoms with Gasteiger partial charge < -0.3 is 16.0 Å². The number of nitrogens with one attached hydrogen (secondary N) is 1. The summed E-state index contributed by atoms with van der Waals surface area (Å²) >= 11 is 0. The third kappa shape index (κ3) is 3.87. The Morgan fingerprint density at radius 1 is 1.32 bits per heavy atom. The van der Waals surface area contributed by atoms with Gasteiger partial charge in [-0.3, -0.25) is 0 Å². The molecule has 0 spiro atoms. The summed E-state index contributed by atoms with van der Waals surface area (Å²) in [5, 5.41) is 3.50. The lowest BCUT2D eigenvalue weighted by Gasteiger charge is -2.29. The molecule has 19 heavy (non-hydrogen) atoms. The van der Waals surface area contributed by atoms with Crippen molar-refractivity contribution in [1.82, 2.24) is 4.90 Å². The molecule has 1 aromatic rings. The van der Waals surface area contributed by atoms with Gasteiger partial charge in [-0.15, -0.1) is 0 Å². The van der Waals surface area contributed by atoms with Crippen LogP contribution >= 0.6 is 0 Å². The zero-order valence-electron chi connectivity index (χ0n) is 12.5. The second kappa shape index (κ2) is 6.29. The maximum Gasteiger partial charge on any atom is 0.0576 e. The van der Waals surface area contributed by atoms with Crippen LogP contribution in [0.25, 0.3) is 0 Å². The van der Waals surface area contributed by atoms with E-state index in [1.165, 1.54) is 43.5 Å². The van der Waals surface area contributed by atoms with Crippen molar-refractivity contribution in [2.24, 2.45) is 5.92 Å². The van der Waals surface area contributed by atoms with Crippen molar-refractivity contribution in [2.45, 2.75) is 33.1 Å². The molecule has 0 aliphatic carbocycles. The highest BCUT2D eigenvalue weighted by molar-refractivity contribution is 5.68. The lowest BCUT2D eigenvalue weighted by atomic mass is 9.95. The molecule has 1 heterocycles. The average Bonchev–Trinajstić information content (AvgIpc) is 2.35. The van der Waals surface area contributed by atoms with E-state index in [0.29, 0.717) is 0 Å². The third-order valence-electron chi connectivity index (χ3n) is 4.26. The van der Waals surface area contributed by atoms with Crippen LogP contribution in [0, 0.1) is 19.8 Å². The number of benzene rings is 1. The molecule has 0 amide bonds. The van der Waals surface area contributed by atoms with Gasteiger partial charge in [-0.2, -0.15) is 0 Å². The zero-order valence-corrected chi connectivity index (χ0v) is 12.5. The molecule has 0 saturated carbocycles. The van der Waals surface area contributed by atoms with Crippen LogP contribution in [0.15, 0.2) is 12.1 Å². The van der Waals surface area contributed by atoms with Crippen molar-refractivity contribution in [3.63, 3.8) is 0 Å². The molecule has 0 bridgehead atoms. The molecular formula is C16H27N3. The van der Waals surface area contributed by atoms with E-state index in [0.717, 1.165) is 23.8 Å². The van der Waals surface area contributed by atoms with Gasteiger partial charge in [0.1, 0.15) is 0 Å². The molecule has 3 N–H and O–H groups in total. The molecule has 3 nitrogen and oxygen atoms in total. The first-order chi connectivity index (χ1) is 9.06. The predicted molar refractivity (Wildman–Crippen MR) is 83.7 cm³/mol. The quantitative estimate of drug-likeness (QED) is 0.819. The average molecular weight is 261 g/mol. The van der Waals surface area contributed by atoms with Crippen molar-refractivity contribution in [1.29, 1.82) is 0 Å². The first kappa shape index (κ1) is 14.2. The smallest absolute Gasteiger partial charge is 0.0576 e. The minimum Gasteiger partial charge on any atom is -0.397 e. The number of anilines is 2. The van der Waals surface area contributed by atoms with E-state index in [4.69, 9.17) is 5.73 Å². The number of nitrogens with zero attached hydrogens (tertiary/aromatic N) is 1. The lowest BCUT2D eigenvalue weighted by Crippen LogP contribution is -2.32. The van der Waals surface area contributed by atoms with Crippen LogP contribution in [-0.4, -0.2) is 31.6 Å². The van der Waals surface area contributed by atoms with Crippen LogP contribution in [0.4, 0.5) is 11.4 Å². The van der Waals surface area contributed by atoms with Crippen molar-refractivity contribution in [3.8, 4) is 0 Å². The second-order valence-electron chi connectivity index (χ2n) is 6.01. The summed E-state index contributed by atoms with van der Waals surface area (Å²) in [5.74, 6) is 0.832. The molecule has 3 heteroatoms. The number of hydrogen-bond acceptors (Lipinski definition) is 3. The van der Waals surface area contributed by atoms with Crippen LogP contribution < -0.4 is 11.1 Å². The molecule has 0 radical (unpaired) electrons. The molecule has 1 fully saturated rings. The van der Waals surface area contributed by atoms with Crippen molar-refractivity contribution < 1.29 is 0 Å². The summed E-state index contributed by atoms with van der Waals surface area (Å²) in [6.07, 6.45) is 3.94. The van der Waals surface area contributed by atoms with E-state index >= 15 is 0 Å². The van der Waals surface area contributed by atoms with Gasteiger partial charge in [0.05, 0.1) is 11.4 Å². The SMILES string of the molecule is Cc1cc(N)c(NCCC2CCCN(C)C2)cc1C. The number of rotatable bonds is 4. The summed E-state index contributed by atoms with van der Waals surface area (Å²) in [6, 6.07) is 4.23. The third-order valence-corrected chi connectivity index (χ3v) is 4.26. The van der Waals surface area contributed by atoms with Crippen LogP contribution in [0.5, 0.6) is 0 Å². The number of nitrogens with two attached hydrogens (primary N) is 1. The lowest BCUT2D eigenvalue weighted by molar-refractivity contribution is 0.205. The molecular weight excluding hydrogens is 234 g/mol. The zero-order chi connectivity index (χ0) is 13.8. The largest absolute Gasteiger partial charge is 0.397 e. The summed E-state index contributed by atoms with van der Waals surface area (Å²) in [4.78, 5) is 2.44. The molecule has 1 saturated heterocycles. The molecule has 0 aromatic heterocycles. The van der Waals surface area contributed by atoms with Crippen molar-refractivity contribution >= 4 is 11.4 Å².